The summed E-state index contributed by atoms with van der Waals surface area (Å²) in [5.74, 6) is -1.01. The Hall–Kier alpha value is -1.36. The molecule has 1 N–H and O–H groups in total. The topological polar surface area (TPSA) is 69.2 Å². The van der Waals surface area contributed by atoms with Crippen molar-refractivity contribution < 1.29 is 19.2 Å². The molecule has 0 saturated heterocycles. The standard InChI is InChI=1S/C19H36N2O3/c1-4-5-6-7-8-9-10-11-12-14-18(22)20-15-13-16-21(2,3)17-19(23)24/h11-12H,4-10,13-17H2,1-3H3,(H-,20,22,23,24)/b12-11-. The average Bonchev–Trinajstić information content (AvgIpc) is 2.48. The van der Waals surface area contributed by atoms with E-state index in [0.29, 0.717) is 24.0 Å². The largest absolute Gasteiger partial charge is 0.544 e. The van der Waals surface area contributed by atoms with Crippen LogP contribution in [-0.2, 0) is 9.59 Å². The molecule has 0 atom stereocenters. The van der Waals surface area contributed by atoms with Crippen molar-refractivity contribution in [3.63, 3.8) is 0 Å². The molecule has 0 aromatic heterocycles. The number of carboxylic acid groups (broad SMARTS) is 1. The first-order chi connectivity index (χ1) is 11.4. The minimum Gasteiger partial charge on any atom is -0.544 e. The smallest absolute Gasteiger partial charge is 0.223 e. The monoisotopic (exact) mass is 340 g/mol. The predicted molar refractivity (Wildman–Crippen MR) is 96.2 cm³/mol. The summed E-state index contributed by atoms with van der Waals surface area (Å²) in [6.45, 7) is 3.50. The lowest BCUT2D eigenvalue weighted by atomic mass is 10.1. The van der Waals surface area contributed by atoms with Crippen molar-refractivity contribution in [3.8, 4) is 0 Å². The summed E-state index contributed by atoms with van der Waals surface area (Å²) in [5.41, 5.74) is 0. The van der Waals surface area contributed by atoms with Crippen LogP contribution in [0.15, 0.2) is 12.2 Å². The third-order valence-corrected chi connectivity index (χ3v) is 4.01. The van der Waals surface area contributed by atoms with Crippen LogP contribution in [0.25, 0.3) is 0 Å². The van der Waals surface area contributed by atoms with Gasteiger partial charge in [0.05, 0.1) is 26.6 Å². The van der Waals surface area contributed by atoms with E-state index in [1.807, 2.05) is 20.2 Å². The van der Waals surface area contributed by atoms with E-state index in [0.717, 1.165) is 12.8 Å². The number of aliphatic carboxylic acids is 1. The Morgan fingerprint density at radius 1 is 1.00 bits per heavy atom. The van der Waals surface area contributed by atoms with Crippen molar-refractivity contribution in [2.45, 2.75) is 64.7 Å². The van der Waals surface area contributed by atoms with E-state index in [9.17, 15) is 14.7 Å². The molecule has 0 fully saturated rings. The number of hydrogen-bond donors (Lipinski definition) is 1. The van der Waals surface area contributed by atoms with Gasteiger partial charge in [-0.25, -0.2) is 0 Å². The third kappa shape index (κ3) is 15.5. The number of likely N-dealkylation sites (N-methyl/N-ethyl adjacent to an activating group) is 1. The molecule has 5 heteroatoms. The first-order valence-corrected chi connectivity index (χ1v) is 9.31. The molecule has 0 aliphatic carbocycles. The van der Waals surface area contributed by atoms with E-state index in [-0.39, 0.29) is 12.5 Å². The minimum absolute atomic E-state index is 0.00483. The summed E-state index contributed by atoms with van der Waals surface area (Å²) in [5, 5.41) is 13.5. The van der Waals surface area contributed by atoms with Crippen LogP contribution in [0.5, 0.6) is 0 Å². The van der Waals surface area contributed by atoms with Gasteiger partial charge in [-0.2, -0.15) is 0 Å². The van der Waals surface area contributed by atoms with Crippen molar-refractivity contribution in [1.82, 2.24) is 5.32 Å². The van der Waals surface area contributed by atoms with Crippen LogP contribution >= 0.6 is 0 Å². The Morgan fingerprint density at radius 3 is 2.33 bits per heavy atom. The van der Waals surface area contributed by atoms with Gasteiger partial charge in [-0.05, 0) is 12.8 Å². The van der Waals surface area contributed by atoms with E-state index in [1.54, 1.807) is 0 Å². The number of carboxylic acids is 1. The quantitative estimate of drug-likeness (QED) is 0.282. The molecule has 0 heterocycles. The fourth-order valence-electron chi connectivity index (χ4n) is 2.59. The normalized spacial score (nSPS) is 11.8. The second-order valence-electron chi connectivity index (χ2n) is 7.12. The van der Waals surface area contributed by atoms with Gasteiger partial charge in [-0.3, -0.25) is 4.79 Å². The molecular formula is C19H36N2O3. The molecule has 5 nitrogen and oxygen atoms in total. The molecule has 0 saturated carbocycles. The Kier molecular flexibility index (Phi) is 13.2. The van der Waals surface area contributed by atoms with Crippen molar-refractivity contribution >= 4 is 11.9 Å². The maximum Gasteiger partial charge on any atom is 0.223 e. The summed E-state index contributed by atoms with van der Waals surface area (Å²) in [4.78, 5) is 22.3. The number of rotatable bonds is 15. The number of hydrogen-bond acceptors (Lipinski definition) is 3. The lowest BCUT2D eigenvalue weighted by molar-refractivity contribution is -0.884. The highest BCUT2D eigenvalue weighted by molar-refractivity contribution is 5.77. The molecule has 0 aliphatic rings. The molecule has 0 aromatic rings. The lowest BCUT2D eigenvalue weighted by Crippen LogP contribution is -2.49. The first-order valence-electron chi connectivity index (χ1n) is 9.31. The molecule has 0 bridgehead atoms. The fraction of sp³-hybridized carbons (Fsp3) is 0.789. The molecule has 0 unspecified atom stereocenters. The Balaban J connectivity index is 3.56. The highest BCUT2D eigenvalue weighted by Crippen LogP contribution is 2.07. The fourth-order valence-corrected chi connectivity index (χ4v) is 2.59. The van der Waals surface area contributed by atoms with Crippen LogP contribution in [0.2, 0.25) is 0 Å². The summed E-state index contributed by atoms with van der Waals surface area (Å²) in [7, 11) is 3.70. The van der Waals surface area contributed by atoms with E-state index >= 15 is 0 Å². The summed E-state index contributed by atoms with van der Waals surface area (Å²) < 4.78 is 0.371. The number of quaternary nitrogens is 1. The predicted octanol–water partition coefficient (Wildman–Crippen LogP) is 2.02. The Morgan fingerprint density at radius 2 is 1.67 bits per heavy atom. The number of unbranched alkanes of at least 4 members (excludes halogenated alkanes) is 6. The van der Waals surface area contributed by atoms with E-state index in [2.05, 4.69) is 18.3 Å². The molecule has 0 aliphatic heterocycles. The summed E-state index contributed by atoms with van der Waals surface area (Å²) in [6.07, 6.45) is 14.0. The molecule has 24 heavy (non-hydrogen) atoms. The number of nitrogens with one attached hydrogen (secondary N) is 1. The van der Waals surface area contributed by atoms with Gasteiger partial charge in [0.25, 0.3) is 0 Å². The molecule has 1 amide bonds. The van der Waals surface area contributed by atoms with Gasteiger partial charge < -0.3 is 19.7 Å². The number of nitrogens with zero attached hydrogens (tertiary/aromatic N) is 1. The van der Waals surface area contributed by atoms with Gasteiger partial charge in [-0.1, -0.05) is 51.2 Å². The van der Waals surface area contributed by atoms with Crippen LogP contribution in [-0.4, -0.2) is 50.1 Å². The van der Waals surface area contributed by atoms with Crippen molar-refractivity contribution in [2.75, 3.05) is 33.7 Å². The van der Waals surface area contributed by atoms with E-state index in [1.165, 1.54) is 38.5 Å². The highest BCUT2D eigenvalue weighted by atomic mass is 16.4. The Labute approximate surface area is 147 Å². The molecule has 0 aromatic carbocycles. The third-order valence-electron chi connectivity index (χ3n) is 4.01. The molecule has 0 radical (unpaired) electrons. The lowest BCUT2D eigenvalue weighted by Gasteiger charge is -2.30. The Bertz CT molecular complexity index is 379. The van der Waals surface area contributed by atoms with E-state index < -0.39 is 5.97 Å². The maximum absolute atomic E-state index is 11.7. The minimum atomic E-state index is -1.04. The molecule has 0 rings (SSSR count). The number of amides is 1. The highest BCUT2D eigenvalue weighted by Gasteiger charge is 2.14. The number of carbonyl (C=O) groups excluding carboxylic acids is 2. The average molecular weight is 341 g/mol. The van der Waals surface area contributed by atoms with Gasteiger partial charge >= 0.3 is 0 Å². The zero-order chi connectivity index (χ0) is 18.3. The number of allylic oxidation sites excluding steroid dienone is 1. The van der Waals surface area contributed by atoms with Crippen LogP contribution in [0, 0.1) is 0 Å². The number of carbonyl (C=O) groups is 2. The molecule has 0 spiro atoms. The van der Waals surface area contributed by atoms with Crippen LogP contribution < -0.4 is 10.4 Å². The van der Waals surface area contributed by atoms with Gasteiger partial charge in [0, 0.05) is 19.4 Å². The van der Waals surface area contributed by atoms with Crippen molar-refractivity contribution in [3.05, 3.63) is 12.2 Å². The second-order valence-corrected chi connectivity index (χ2v) is 7.12. The van der Waals surface area contributed by atoms with Crippen LogP contribution in [0.4, 0.5) is 0 Å². The zero-order valence-electron chi connectivity index (χ0n) is 15.8. The van der Waals surface area contributed by atoms with Crippen LogP contribution in [0.3, 0.4) is 0 Å². The molecule has 140 valence electrons. The second kappa shape index (κ2) is 14.0. The summed E-state index contributed by atoms with van der Waals surface area (Å²) >= 11 is 0. The van der Waals surface area contributed by atoms with Crippen LogP contribution in [0.1, 0.15) is 64.7 Å². The van der Waals surface area contributed by atoms with Gasteiger partial charge in [0.2, 0.25) is 5.91 Å². The maximum atomic E-state index is 11.7. The zero-order valence-corrected chi connectivity index (χ0v) is 15.8. The van der Waals surface area contributed by atoms with Crippen molar-refractivity contribution in [2.24, 2.45) is 0 Å². The van der Waals surface area contributed by atoms with Crippen molar-refractivity contribution in [1.29, 1.82) is 0 Å². The van der Waals surface area contributed by atoms with E-state index in [4.69, 9.17) is 0 Å². The SMILES string of the molecule is CCCCCCCC/C=C\CC(=O)NCCC[N+](C)(C)CC(=O)[O-]. The van der Waals surface area contributed by atoms with Gasteiger partial charge in [0.1, 0.15) is 6.54 Å². The molecular weight excluding hydrogens is 304 g/mol. The summed E-state index contributed by atoms with van der Waals surface area (Å²) in [6, 6.07) is 0. The van der Waals surface area contributed by atoms with Gasteiger partial charge in [0.15, 0.2) is 0 Å². The first kappa shape index (κ1) is 22.6. The van der Waals surface area contributed by atoms with Gasteiger partial charge in [-0.15, -0.1) is 0 Å².